The van der Waals surface area contributed by atoms with Gasteiger partial charge in [0.15, 0.2) is 0 Å². The van der Waals surface area contributed by atoms with Crippen LogP contribution in [0.3, 0.4) is 0 Å². The minimum atomic E-state index is 0. The third-order valence-electron chi connectivity index (χ3n) is 1.96. The van der Waals surface area contributed by atoms with E-state index in [-0.39, 0.29) is 37.7 Å². The number of halogens is 1. The molecular weight excluding hydrogens is 391 g/mol. The van der Waals surface area contributed by atoms with Crippen LogP contribution < -0.4 is 0 Å². The fourth-order valence-electron chi connectivity index (χ4n) is 1.29. The topological polar surface area (TPSA) is 23.8 Å². The van der Waals surface area contributed by atoms with Crippen LogP contribution in [0.2, 0.25) is 0 Å². The van der Waals surface area contributed by atoms with Crippen molar-refractivity contribution in [3.05, 3.63) is 39.7 Å². The zero-order valence-electron chi connectivity index (χ0n) is 8.07. The first-order chi connectivity index (χ1) is 6.19. The van der Waals surface area contributed by atoms with Crippen molar-refractivity contribution in [1.82, 2.24) is 0 Å². The van der Waals surface area contributed by atoms with Crippen molar-refractivity contribution in [2.24, 2.45) is 0 Å². The molecule has 1 aromatic rings. The number of hydrogen-bond donors (Lipinski definition) is 0. The zero-order valence-corrected chi connectivity index (χ0v) is 11.6. The Kier molecular flexibility index (Phi) is 6.89. The van der Waals surface area contributed by atoms with Crippen LogP contribution in [-0.2, 0) is 6.42 Å². The normalized spacial score (nSPS) is 8.71. The molecular formula is C11H11BrHoN-. The molecule has 1 aromatic carbocycles. The molecule has 0 saturated carbocycles. The molecule has 0 aliphatic heterocycles. The summed E-state index contributed by atoms with van der Waals surface area (Å²) >= 11 is 3.53. The molecule has 14 heavy (non-hydrogen) atoms. The Morgan fingerprint density at radius 2 is 2.14 bits per heavy atom. The van der Waals surface area contributed by atoms with Crippen LogP contribution in [0, 0.1) is 62.4 Å². The van der Waals surface area contributed by atoms with Crippen molar-refractivity contribution in [3.8, 4) is 6.07 Å². The minimum Gasteiger partial charge on any atom is -0.208 e. The standard InChI is InChI=1S/C11H11BrN.Ho/c1-3-10-7-9(4-5-13)6-8(2)11(10)12;/h4,6-7H,3H2,1-2H3;/q-1;. The zero-order chi connectivity index (χ0) is 9.84. The van der Waals surface area contributed by atoms with Crippen molar-refractivity contribution < 1.29 is 37.7 Å². The van der Waals surface area contributed by atoms with E-state index in [0.717, 1.165) is 16.5 Å². The molecule has 0 aliphatic carbocycles. The number of hydrogen-bond acceptors (Lipinski definition) is 1. The Balaban J connectivity index is 0.00000169. The van der Waals surface area contributed by atoms with Gasteiger partial charge in [0.1, 0.15) is 0 Å². The van der Waals surface area contributed by atoms with Crippen LogP contribution in [0.25, 0.3) is 0 Å². The van der Waals surface area contributed by atoms with Crippen molar-refractivity contribution in [3.63, 3.8) is 0 Å². The average molecular weight is 402 g/mol. The molecule has 79 valence electrons. The number of rotatable bonds is 2. The van der Waals surface area contributed by atoms with E-state index < -0.39 is 0 Å². The Hall–Kier alpha value is 0.320. The van der Waals surface area contributed by atoms with Gasteiger partial charge in [-0.25, -0.2) is 5.26 Å². The Labute approximate surface area is 124 Å². The summed E-state index contributed by atoms with van der Waals surface area (Å²) in [6.45, 7) is 4.15. The van der Waals surface area contributed by atoms with E-state index in [0.29, 0.717) is 0 Å². The van der Waals surface area contributed by atoms with Crippen molar-refractivity contribution >= 4 is 15.9 Å². The van der Waals surface area contributed by atoms with Crippen molar-refractivity contribution in [2.75, 3.05) is 0 Å². The Bertz CT molecular complexity index is 355. The van der Waals surface area contributed by atoms with Gasteiger partial charge in [-0.3, -0.25) is 0 Å². The van der Waals surface area contributed by atoms with Crippen molar-refractivity contribution in [2.45, 2.75) is 20.3 Å². The molecule has 0 atom stereocenters. The maximum Gasteiger partial charge on any atom is 0.0237 e. The van der Waals surface area contributed by atoms with Gasteiger partial charge in [-0.15, -0.1) is 0 Å². The number of benzene rings is 1. The molecule has 0 saturated heterocycles. The third kappa shape index (κ3) is 3.47. The van der Waals surface area contributed by atoms with E-state index in [4.69, 9.17) is 5.26 Å². The van der Waals surface area contributed by atoms with Crippen LogP contribution >= 0.6 is 15.9 Å². The SMILES string of the molecule is CCc1cc([CH-]C#N)cc(C)c1Br.[Ho]. The number of nitriles is 1. The van der Waals surface area contributed by atoms with Gasteiger partial charge in [0.05, 0.1) is 0 Å². The molecule has 1 nitrogen and oxygen atoms in total. The molecule has 3 heteroatoms. The van der Waals surface area contributed by atoms with E-state index in [2.05, 4.69) is 22.9 Å². The summed E-state index contributed by atoms with van der Waals surface area (Å²) in [7, 11) is 0. The fourth-order valence-corrected chi connectivity index (χ4v) is 1.80. The van der Waals surface area contributed by atoms with Crippen LogP contribution in [-0.4, -0.2) is 0 Å². The second-order valence-electron chi connectivity index (χ2n) is 2.94. The molecule has 0 heterocycles. The summed E-state index contributed by atoms with van der Waals surface area (Å²) in [5.74, 6) is 0. The van der Waals surface area contributed by atoms with Crippen molar-refractivity contribution in [1.29, 1.82) is 5.26 Å². The van der Waals surface area contributed by atoms with E-state index in [1.165, 1.54) is 11.1 Å². The monoisotopic (exact) mass is 401 g/mol. The maximum absolute atomic E-state index is 8.53. The summed E-state index contributed by atoms with van der Waals surface area (Å²) in [5, 5.41) is 8.53. The third-order valence-corrected chi connectivity index (χ3v) is 3.10. The van der Waals surface area contributed by atoms with Gasteiger partial charge in [-0.2, -0.15) is 17.7 Å². The first-order valence-corrected chi connectivity index (χ1v) is 5.00. The van der Waals surface area contributed by atoms with E-state index in [1.807, 2.05) is 25.1 Å². The van der Waals surface area contributed by atoms with Gasteiger partial charge in [0.2, 0.25) is 0 Å². The summed E-state index contributed by atoms with van der Waals surface area (Å²) in [6, 6.07) is 6.09. The first-order valence-electron chi connectivity index (χ1n) is 4.21. The quantitative estimate of drug-likeness (QED) is 0.550. The first kappa shape index (κ1) is 14.3. The number of aryl methyl sites for hydroxylation is 2. The van der Waals surface area contributed by atoms with Crippen LogP contribution in [0.15, 0.2) is 16.6 Å². The van der Waals surface area contributed by atoms with E-state index in [1.54, 1.807) is 6.42 Å². The van der Waals surface area contributed by atoms with Gasteiger partial charge in [-0.1, -0.05) is 47.3 Å². The van der Waals surface area contributed by atoms with Gasteiger partial charge >= 0.3 is 0 Å². The summed E-state index contributed by atoms with van der Waals surface area (Å²) in [6.07, 6.45) is 2.55. The molecule has 0 spiro atoms. The molecule has 0 amide bonds. The molecule has 0 unspecified atom stereocenters. The van der Waals surface area contributed by atoms with E-state index in [9.17, 15) is 0 Å². The van der Waals surface area contributed by atoms with Gasteiger partial charge in [0.25, 0.3) is 0 Å². The smallest absolute Gasteiger partial charge is 0.0237 e. The van der Waals surface area contributed by atoms with Gasteiger partial charge < -0.3 is 0 Å². The molecule has 0 bridgehead atoms. The van der Waals surface area contributed by atoms with Crippen LogP contribution in [0.1, 0.15) is 23.6 Å². The molecule has 0 aliphatic rings. The molecule has 0 N–H and O–H groups in total. The molecule has 1 rings (SSSR count). The minimum absolute atomic E-state index is 0. The Morgan fingerprint density at radius 1 is 1.50 bits per heavy atom. The van der Waals surface area contributed by atoms with Gasteiger partial charge in [-0.05, 0) is 10.9 Å². The predicted molar refractivity (Wildman–Crippen MR) is 57.3 cm³/mol. The fraction of sp³-hybridized carbons (Fsp3) is 0.273. The summed E-state index contributed by atoms with van der Waals surface area (Å²) in [4.78, 5) is 0. The van der Waals surface area contributed by atoms with Crippen LogP contribution in [0.4, 0.5) is 0 Å². The average Bonchev–Trinajstić information content (AvgIpc) is 2.11. The summed E-state index contributed by atoms with van der Waals surface area (Å²) in [5.41, 5.74) is 3.42. The second-order valence-corrected chi connectivity index (χ2v) is 3.73. The molecule has 0 fully saturated rings. The molecule has 0 aromatic heterocycles. The Morgan fingerprint density at radius 3 is 2.64 bits per heavy atom. The number of nitrogens with zero attached hydrogens (tertiary/aromatic N) is 1. The largest absolute Gasteiger partial charge is 0.208 e. The maximum atomic E-state index is 8.53. The summed E-state index contributed by atoms with van der Waals surface area (Å²) < 4.78 is 1.16. The van der Waals surface area contributed by atoms with E-state index >= 15 is 0 Å². The second kappa shape index (κ2) is 6.74. The molecule has 1 radical (unpaired) electrons. The van der Waals surface area contributed by atoms with Crippen LogP contribution in [0.5, 0.6) is 0 Å². The predicted octanol–water partition coefficient (Wildman–Crippen LogP) is 3.40. The van der Waals surface area contributed by atoms with Gasteiger partial charge in [0, 0.05) is 43.8 Å².